The van der Waals surface area contributed by atoms with E-state index in [9.17, 15) is 4.79 Å². The first-order chi connectivity index (χ1) is 5.09. The minimum absolute atomic E-state index is 0.0510. The number of hydrogen-bond acceptors (Lipinski definition) is 2. The van der Waals surface area contributed by atoms with Gasteiger partial charge < -0.3 is 10.2 Å². The van der Waals surface area contributed by atoms with E-state index in [1.807, 2.05) is 6.92 Å². The van der Waals surface area contributed by atoms with Crippen molar-refractivity contribution >= 4 is 5.91 Å². The number of amides is 1. The van der Waals surface area contributed by atoms with Gasteiger partial charge in [0.2, 0.25) is 5.91 Å². The van der Waals surface area contributed by atoms with Gasteiger partial charge in [-0.25, -0.2) is 0 Å². The molecule has 0 spiro atoms. The molecule has 1 N–H and O–H groups in total. The molecule has 0 aliphatic carbocycles. The molecular weight excluding hydrogens is 140 g/mol. The van der Waals surface area contributed by atoms with E-state index in [0.29, 0.717) is 0 Å². The van der Waals surface area contributed by atoms with Gasteiger partial charge in [0.15, 0.2) is 0 Å². The van der Waals surface area contributed by atoms with Gasteiger partial charge in [-0.05, 0) is 19.9 Å². The maximum Gasteiger partial charge on any atom is 0.238 e. The smallest absolute Gasteiger partial charge is 0.238 e. The van der Waals surface area contributed by atoms with Gasteiger partial charge in [0.25, 0.3) is 0 Å². The van der Waals surface area contributed by atoms with Crippen molar-refractivity contribution in [1.29, 1.82) is 0 Å². The maximum absolute atomic E-state index is 11.2. The van der Waals surface area contributed by atoms with Crippen molar-refractivity contribution in [2.24, 2.45) is 0 Å². The Labute approximate surface area is 68.8 Å². The summed E-state index contributed by atoms with van der Waals surface area (Å²) in [6.45, 7) is 4.87. The summed E-state index contributed by atoms with van der Waals surface area (Å²) in [7, 11) is 3.54. The quantitative estimate of drug-likeness (QED) is 0.644. The first-order valence-electron chi connectivity index (χ1n) is 4.04. The van der Waals surface area contributed by atoms with E-state index in [1.54, 1.807) is 19.0 Å². The molecule has 0 saturated carbocycles. The van der Waals surface area contributed by atoms with Gasteiger partial charge in [-0.2, -0.15) is 0 Å². The zero-order valence-corrected chi connectivity index (χ0v) is 7.85. The Kier molecular flexibility index (Phi) is 4.86. The molecule has 0 fully saturated rings. The lowest BCUT2D eigenvalue weighted by atomic mass is 10.3. The summed E-state index contributed by atoms with van der Waals surface area (Å²) in [5.74, 6) is 0.137. The van der Waals surface area contributed by atoms with Crippen LogP contribution in [0.15, 0.2) is 0 Å². The number of likely N-dealkylation sites (N-methyl/N-ethyl adjacent to an activating group) is 1. The predicted molar refractivity (Wildman–Crippen MR) is 46.4 cm³/mol. The van der Waals surface area contributed by atoms with Gasteiger partial charge in [0.1, 0.15) is 0 Å². The van der Waals surface area contributed by atoms with Gasteiger partial charge in [-0.3, -0.25) is 4.79 Å². The number of rotatable bonds is 4. The van der Waals surface area contributed by atoms with Crippen LogP contribution in [0.1, 0.15) is 20.3 Å². The van der Waals surface area contributed by atoms with Gasteiger partial charge >= 0.3 is 0 Å². The molecule has 0 heterocycles. The van der Waals surface area contributed by atoms with Crippen molar-refractivity contribution in [1.82, 2.24) is 10.2 Å². The number of nitrogens with one attached hydrogen (secondary N) is 1. The lowest BCUT2D eigenvalue weighted by molar-refractivity contribution is -0.130. The van der Waals surface area contributed by atoms with E-state index < -0.39 is 0 Å². The number of nitrogens with zero attached hydrogens (tertiary/aromatic N) is 1. The third-order valence-corrected chi connectivity index (χ3v) is 1.51. The van der Waals surface area contributed by atoms with Crippen molar-refractivity contribution in [3.63, 3.8) is 0 Å². The minimum atomic E-state index is -0.0510. The average molecular weight is 158 g/mol. The lowest BCUT2D eigenvalue weighted by Crippen LogP contribution is -2.41. The fraction of sp³-hybridized carbons (Fsp3) is 0.875. The molecule has 0 aromatic rings. The Bertz CT molecular complexity index is 123. The third-order valence-electron chi connectivity index (χ3n) is 1.51. The Hall–Kier alpha value is -0.570. The molecule has 0 bridgehead atoms. The lowest BCUT2D eigenvalue weighted by Gasteiger charge is -2.17. The highest BCUT2D eigenvalue weighted by Gasteiger charge is 2.12. The van der Waals surface area contributed by atoms with Gasteiger partial charge in [0, 0.05) is 14.1 Å². The molecule has 11 heavy (non-hydrogen) atoms. The second-order valence-corrected chi connectivity index (χ2v) is 2.91. The summed E-state index contributed by atoms with van der Waals surface area (Å²) >= 11 is 0. The van der Waals surface area contributed by atoms with Crippen LogP contribution in [-0.4, -0.2) is 37.5 Å². The van der Waals surface area contributed by atoms with Crippen molar-refractivity contribution in [2.75, 3.05) is 20.6 Å². The predicted octanol–water partition coefficient (Wildman–Crippen LogP) is 0.463. The molecule has 1 unspecified atom stereocenters. The van der Waals surface area contributed by atoms with Crippen LogP contribution in [0.5, 0.6) is 0 Å². The summed E-state index contributed by atoms with van der Waals surface area (Å²) < 4.78 is 0. The average Bonchev–Trinajstić information content (AvgIpc) is 1.98. The SMILES string of the molecule is CCCNC(C)C(=O)N(C)C. The largest absolute Gasteiger partial charge is 0.347 e. The highest BCUT2D eigenvalue weighted by Crippen LogP contribution is 1.88. The molecule has 1 atom stereocenters. The summed E-state index contributed by atoms with van der Waals surface area (Å²) in [4.78, 5) is 12.8. The minimum Gasteiger partial charge on any atom is -0.347 e. The summed E-state index contributed by atoms with van der Waals surface area (Å²) in [6.07, 6.45) is 1.06. The molecule has 3 nitrogen and oxygen atoms in total. The molecule has 0 aliphatic heterocycles. The van der Waals surface area contributed by atoms with Gasteiger partial charge in [-0.15, -0.1) is 0 Å². The highest BCUT2D eigenvalue weighted by atomic mass is 16.2. The summed E-state index contributed by atoms with van der Waals surface area (Å²) in [5.41, 5.74) is 0. The van der Waals surface area contributed by atoms with E-state index in [-0.39, 0.29) is 11.9 Å². The van der Waals surface area contributed by atoms with Crippen LogP contribution in [-0.2, 0) is 4.79 Å². The zero-order valence-electron chi connectivity index (χ0n) is 7.85. The van der Waals surface area contributed by atoms with Crippen LogP contribution in [0.4, 0.5) is 0 Å². The summed E-state index contributed by atoms with van der Waals surface area (Å²) in [6, 6.07) is -0.0510. The van der Waals surface area contributed by atoms with E-state index in [1.165, 1.54) is 0 Å². The van der Waals surface area contributed by atoms with Crippen molar-refractivity contribution in [3.8, 4) is 0 Å². The van der Waals surface area contributed by atoms with Crippen LogP contribution < -0.4 is 5.32 Å². The summed E-state index contributed by atoms with van der Waals surface area (Å²) in [5, 5.41) is 3.12. The molecule has 0 aromatic heterocycles. The molecule has 1 amide bonds. The van der Waals surface area contributed by atoms with Crippen LogP contribution in [0.25, 0.3) is 0 Å². The second-order valence-electron chi connectivity index (χ2n) is 2.91. The molecule has 3 heteroatoms. The number of carbonyl (C=O) groups excluding carboxylic acids is 1. The Morgan fingerprint density at radius 1 is 1.55 bits per heavy atom. The van der Waals surface area contributed by atoms with Crippen molar-refractivity contribution in [2.45, 2.75) is 26.3 Å². The molecule has 0 saturated heterocycles. The van der Waals surface area contributed by atoms with Gasteiger partial charge in [0.05, 0.1) is 6.04 Å². The second kappa shape index (κ2) is 5.13. The Morgan fingerprint density at radius 2 is 2.09 bits per heavy atom. The molecule has 66 valence electrons. The highest BCUT2D eigenvalue weighted by molar-refractivity contribution is 5.80. The Morgan fingerprint density at radius 3 is 2.45 bits per heavy atom. The van der Waals surface area contributed by atoms with Gasteiger partial charge in [-0.1, -0.05) is 6.92 Å². The number of carbonyl (C=O) groups is 1. The van der Waals surface area contributed by atoms with E-state index in [4.69, 9.17) is 0 Å². The normalized spacial score (nSPS) is 12.7. The maximum atomic E-state index is 11.2. The van der Waals surface area contributed by atoms with E-state index >= 15 is 0 Å². The van der Waals surface area contributed by atoms with Crippen LogP contribution in [0.2, 0.25) is 0 Å². The Balaban J connectivity index is 3.64. The topological polar surface area (TPSA) is 32.3 Å². The first kappa shape index (κ1) is 10.4. The van der Waals surface area contributed by atoms with E-state index in [2.05, 4.69) is 12.2 Å². The van der Waals surface area contributed by atoms with Crippen LogP contribution >= 0.6 is 0 Å². The van der Waals surface area contributed by atoms with Crippen molar-refractivity contribution in [3.05, 3.63) is 0 Å². The fourth-order valence-electron chi connectivity index (χ4n) is 0.835. The molecule has 0 rings (SSSR count). The molecular formula is C8H18N2O. The van der Waals surface area contributed by atoms with Crippen molar-refractivity contribution < 1.29 is 4.79 Å². The fourth-order valence-corrected chi connectivity index (χ4v) is 0.835. The van der Waals surface area contributed by atoms with E-state index in [0.717, 1.165) is 13.0 Å². The zero-order chi connectivity index (χ0) is 8.85. The third kappa shape index (κ3) is 3.98. The monoisotopic (exact) mass is 158 g/mol. The first-order valence-corrected chi connectivity index (χ1v) is 4.04. The standard InChI is InChI=1S/C8H18N2O/c1-5-6-9-7(2)8(11)10(3)4/h7,9H,5-6H2,1-4H3. The van der Waals surface area contributed by atoms with Crippen LogP contribution in [0, 0.1) is 0 Å². The number of hydrogen-bond donors (Lipinski definition) is 1. The molecule has 0 aromatic carbocycles. The van der Waals surface area contributed by atoms with Crippen LogP contribution in [0.3, 0.4) is 0 Å². The molecule has 0 radical (unpaired) electrons. The molecule has 0 aliphatic rings.